The molecule has 0 aliphatic rings. The summed E-state index contributed by atoms with van der Waals surface area (Å²) in [6.45, 7) is 3.14. The van der Waals surface area contributed by atoms with Crippen molar-refractivity contribution in [3.05, 3.63) is 81.9 Å². The van der Waals surface area contributed by atoms with Gasteiger partial charge in [0, 0.05) is 18.2 Å². The van der Waals surface area contributed by atoms with E-state index in [1.165, 1.54) is 43.3 Å². The maximum Gasteiger partial charge on any atom is 0.334 e. The summed E-state index contributed by atoms with van der Waals surface area (Å²) in [7, 11) is -3.56. The van der Waals surface area contributed by atoms with E-state index in [1.807, 2.05) is 0 Å². The lowest BCUT2D eigenvalue weighted by Gasteiger charge is -2.13. The number of hydrogen-bond acceptors (Lipinski definition) is 6. The van der Waals surface area contributed by atoms with Crippen molar-refractivity contribution < 1.29 is 26.9 Å². The van der Waals surface area contributed by atoms with Crippen molar-refractivity contribution in [1.82, 2.24) is 0 Å². The Balaban J connectivity index is 2.00. The van der Waals surface area contributed by atoms with Crippen LogP contribution in [-0.2, 0) is 10.0 Å². The van der Waals surface area contributed by atoms with Crippen molar-refractivity contribution in [1.29, 1.82) is 0 Å². The number of benzene rings is 3. The van der Waals surface area contributed by atoms with Gasteiger partial charge in [-0.25, -0.2) is 17.2 Å². The topological polar surface area (TPSA) is 111 Å². The van der Waals surface area contributed by atoms with Gasteiger partial charge in [0.2, 0.25) is 15.8 Å². The molecule has 3 aromatic rings. The lowest BCUT2D eigenvalue weighted by atomic mass is 10.2. The number of nitro groups is 1. The van der Waals surface area contributed by atoms with Crippen LogP contribution in [0.1, 0.15) is 12.5 Å². The van der Waals surface area contributed by atoms with Gasteiger partial charge in [0.05, 0.1) is 22.1 Å². The Morgan fingerprint density at radius 2 is 1.81 bits per heavy atom. The Hall–Kier alpha value is -3.73. The number of halogens is 2. The highest BCUT2D eigenvalue weighted by Gasteiger charge is 2.25. The number of aryl methyl sites for hydroxylation is 1. The van der Waals surface area contributed by atoms with Crippen molar-refractivity contribution in [2.24, 2.45) is 0 Å². The average molecular weight is 463 g/mol. The lowest BCUT2D eigenvalue weighted by Crippen LogP contribution is -2.14. The monoisotopic (exact) mass is 463 g/mol. The van der Waals surface area contributed by atoms with E-state index >= 15 is 0 Å². The summed E-state index contributed by atoms with van der Waals surface area (Å²) < 4.78 is 59.8. The Bertz CT molecular complexity index is 1280. The van der Waals surface area contributed by atoms with Crippen molar-refractivity contribution in [3.8, 4) is 11.5 Å². The second-order valence-electron chi connectivity index (χ2n) is 6.80. The van der Waals surface area contributed by atoms with Crippen LogP contribution in [0.2, 0.25) is 0 Å². The van der Waals surface area contributed by atoms with Crippen LogP contribution in [0.3, 0.4) is 0 Å². The molecule has 0 spiro atoms. The zero-order valence-corrected chi connectivity index (χ0v) is 17.9. The largest absolute Gasteiger partial charge is 0.450 e. The maximum atomic E-state index is 14.3. The fourth-order valence-electron chi connectivity index (χ4n) is 2.80. The molecule has 0 fully saturated rings. The standard InChI is InChI=1S/C21H19F2N3O5S/c1-3-32(29,30)25-15-5-4-6-16(12-15)31-20-11-14(22)10-19(21(20)26(27)28)24-18-8-7-13(2)9-17(18)23/h4-12,24-25H,3H2,1-2H3. The summed E-state index contributed by atoms with van der Waals surface area (Å²) in [5.74, 6) is -2.09. The van der Waals surface area contributed by atoms with Crippen LogP contribution in [0, 0.1) is 28.7 Å². The molecule has 3 aromatic carbocycles. The Morgan fingerprint density at radius 1 is 1.06 bits per heavy atom. The highest BCUT2D eigenvalue weighted by atomic mass is 32.2. The van der Waals surface area contributed by atoms with Gasteiger partial charge in [-0.05, 0) is 43.7 Å². The van der Waals surface area contributed by atoms with Crippen LogP contribution >= 0.6 is 0 Å². The van der Waals surface area contributed by atoms with Gasteiger partial charge >= 0.3 is 5.69 Å². The first-order valence-electron chi connectivity index (χ1n) is 9.37. The molecule has 168 valence electrons. The lowest BCUT2D eigenvalue weighted by molar-refractivity contribution is -0.384. The smallest absolute Gasteiger partial charge is 0.334 e. The number of rotatable bonds is 8. The molecule has 0 aliphatic carbocycles. The van der Waals surface area contributed by atoms with E-state index < -0.39 is 38.0 Å². The molecule has 0 unspecified atom stereocenters. The highest BCUT2D eigenvalue weighted by molar-refractivity contribution is 7.92. The van der Waals surface area contributed by atoms with Crippen LogP contribution in [0.4, 0.5) is 31.5 Å². The van der Waals surface area contributed by atoms with Crippen LogP contribution < -0.4 is 14.8 Å². The second kappa shape index (κ2) is 9.18. The zero-order chi connectivity index (χ0) is 23.5. The van der Waals surface area contributed by atoms with E-state index in [0.29, 0.717) is 5.56 Å². The Kier molecular flexibility index (Phi) is 6.58. The van der Waals surface area contributed by atoms with Gasteiger partial charge in [0.1, 0.15) is 23.1 Å². The van der Waals surface area contributed by atoms with E-state index in [0.717, 1.165) is 12.1 Å². The number of nitro benzene ring substituents is 1. The molecule has 0 amide bonds. The third kappa shape index (κ3) is 5.49. The molecule has 0 aromatic heterocycles. The SMILES string of the molecule is CCS(=O)(=O)Nc1cccc(Oc2cc(F)cc(Nc3ccc(C)cc3F)c2[N+](=O)[O-])c1. The first-order valence-corrected chi connectivity index (χ1v) is 11.0. The minimum Gasteiger partial charge on any atom is -0.450 e. The highest BCUT2D eigenvalue weighted by Crippen LogP contribution is 2.40. The molecule has 0 saturated carbocycles. The zero-order valence-electron chi connectivity index (χ0n) is 17.1. The summed E-state index contributed by atoms with van der Waals surface area (Å²) in [5, 5.41) is 14.3. The molecule has 0 heterocycles. The molecule has 2 N–H and O–H groups in total. The summed E-state index contributed by atoms with van der Waals surface area (Å²) in [6, 6.07) is 11.5. The van der Waals surface area contributed by atoms with Crippen LogP contribution in [-0.4, -0.2) is 19.1 Å². The average Bonchev–Trinajstić information content (AvgIpc) is 2.69. The second-order valence-corrected chi connectivity index (χ2v) is 8.81. The normalized spacial score (nSPS) is 11.1. The van der Waals surface area contributed by atoms with Gasteiger partial charge < -0.3 is 10.1 Å². The molecule has 3 rings (SSSR count). The molecule has 0 bridgehead atoms. The molecule has 0 atom stereocenters. The van der Waals surface area contributed by atoms with Gasteiger partial charge in [0.15, 0.2) is 0 Å². The first-order chi connectivity index (χ1) is 15.1. The van der Waals surface area contributed by atoms with Gasteiger partial charge in [-0.1, -0.05) is 12.1 Å². The molecule has 11 heteroatoms. The van der Waals surface area contributed by atoms with Crippen molar-refractivity contribution in [2.75, 3.05) is 15.8 Å². The Labute approximate surface area is 183 Å². The van der Waals surface area contributed by atoms with E-state index in [1.54, 1.807) is 13.0 Å². The summed E-state index contributed by atoms with van der Waals surface area (Å²) >= 11 is 0. The summed E-state index contributed by atoms with van der Waals surface area (Å²) in [5.41, 5.74) is -0.194. The van der Waals surface area contributed by atoms with E-state index in [2.05, 4.69) is 10.0 Å². The van der Waals surface area contributed by atoms with E-state index in [-0.39, 0.29) is 28.6 Å². The molecule has 0 aliphatic heterocycles. The molecular formula is C21H19F2N3O5S. The molecule has 0 radical (unpaired) electrons. The molecule has 0 saturated heterocycles. The third-order valence-corrected chi connectivity index (χ3v) is 5.64. The summed E-state index contributed by atoms with van der Waals surface area (Å²) in [4.78, 5) is 11.0. The van der Waals surface area contributed by atoms with Crippen LogP contribution in [0.5, 0.6) is 11.5 Å². The number of nitrogens with one attached hydrogen (secondary N) is 2. The fourth-order valence-corrected chi connectivity index (χ4v) is 3.43. The van der Waals surface area contributed by atoms with Gasteiger partial charge in [-0.15, -0.1) is 0 Å². The van der Waals surface area contributed by atoms with Crippen molar-refractivity contribution in [3.63, 3.8) is 0 Å². The fraction of sp³-hybridized carbons (Fsp3) is 0.143. The number of ether oxygens (including phenoxy) is 1. The number of sulfonamides is 1. The van der Waals surface area contributed by atoms with E-state index in [4.69, 9.17) is 4.74 Å². The quantitative estimate of drug-likeness (QED) is 0.338. The van der Waals surface area contributed by atoms with Crippen molar-refractivity contribution in [2.45, 2.75) is 13.8 Å². The van der Waals surface area contributed by atoms with Gasteiger partial charge in [-0.3, -0.25) is 14.8 Å². The maximum absolute atomic E-state index is 14.3. The van der Waals surface area contributed by atoms with Gasteiger partial charge in [0.25, 0.3) is 0 Å². The summed E-state index contributed by atoms with van der Waals surface area (Å²) in [6.07, 6.45) is 0. The minimum atomic E-state index is -3.56. The Morgan fingerprint density at radius 3 is 2.47 bits per heavy atom. The number of hydrogen-bond donors (Lipinski definition) is 2. The van der Waals surface area contributed by atoms with Crippen LogP contribution in [0.15, 0.2) is 54.6 Å². The third-order valence-electron chi connectivity index (χ3n) is 4.33. The molecule has 32 heavy (non-hydrogen) atoms. The van der Waals surface area contributed by atoms with Crippen molar-refractivity contribution >= 4 is 32.8 Å². The van der Waals surface area contributed by atoms with E-state index in [9.17, 15) is 27.3 Å². The predicted octanol–water partition coefficient (Wildman–Crippen LogP) is 5.48. The first kappa shape index (κ1) is 22.9. The molecule has 8 nitrogen and oxygen atoms in total. The minimum absolute atomic E-state index is 0.0301. The predicted molar refractivity (Wildman–Crippen MR) is 117 cm³/mol. The number of nitrogens with zero attached hydrogens (tertiary/aromatic N) is 1. The number of anilines is 3. The van der Waals surface area contributed by atoms with Crippen LogP contribution in [0.25, 0.3) is 0 Å². The van der Waals surface area contributed by atoms with Gasteiger partial charge in [-0.2, -0.15) is 0 Å². The molecular weight excluding hydrogens is 444 g/mol.